The Morgan fingerprint density at radius 1 is 1.14 bits per heavy atom. The summed E-state index contributed by atoms with van der Waals surface area (Å²) >= 11 is 0. The van der Waals surface area contributed by atoms with Gasteiger partial charge in [0.2, 0.25) is 15.9 Å². The van der Waals surface area contributed by atoms with Crippen LogP contribution in [0.5, 0.6) is 5.88 Å². The van der Waals surface area contributed by atoms with Crippen molar-refractivity contribution < 1.29 is 13.2 Å². The average Bonchev–Trinajstić information content (AvgIpc) is 2.98. The first-order valence-electron chi connectivity index (χ1n) is 7.58. The minimum absolute atomic E-state index is 0.125. The summed E-state index contributed by atoms with van der Waals surface area (Å²) in [5.74, 6) is 0.458. The topological polar surface area (TPSA) is 72.4 Å². The van der Waals surface area contributed by atoms with Crippen molar-refractivity contribution in [3.63, 3.8) is 0 Å². The van der Waals surface area contributed by atoms with Gasteiger partial charge in [-0.15, -0.1) is 0 Å². The van der Waals surface area contributed by atoms with Crippen LogP contribution < -0.4 is 4.74 Å². The van der Waals surface area contributed by atoms with Crippen LogP contribution in [0, 0.1) is 0 Å². The second kappa shape index (κ2) is 6.27. The monoisotopic (exact) mass is 311 g/mol. The smallest absolute Gasteiger partial charge is 0.232 e. The van der Waals surface area contributed by atoms with Crippen LogP contribution in [0.3, 0.4) is 0 Å². The molecule has 1 aliphatic heterocycles. The molecule has 116 valence electrons. The standard InChI is InChI=1S/C14H21N3O3S/c18-21(19,13-4-2-1-3-5-13)17-9-6-12(11-17)20-14-10-15-7-8-16-14/h7-8,10,12-13H,1-6,9,11H2. The lowest BCUT2D eigenvalue weighted by Gasteiger charge is -2.26. The van der Waals surface area contributed by atoms with Crippen molar-refractivity contribution in [2.75, 3.05) is 13.1 Å². The van der Waals surface area contributed by atoms with Crippen molar-refractivity contribution in [2.45, 2.75) is 49.9 Å². The minimum Gasteiger partial charge on any atom is -0.472 e. The Hall–Kier alpha value is -1.21. The van der Waals surface area contributed by atoms with E-state index in [4.69, 9.17) is 4.74 Å². The summed E-state index contributed by atoms with van der Waals surface area (Å²) in [6.07, 6.45) is 10.1. The molecule has 1 saturated heterocycles. The second-order valence-electron chi connectivity index (χ2n) is 5.74. The molecule has 0 radical (unpaired) electrons. The molecule has 0 amide bonds. The third-order valence-corrected chi connectivity index (χ3v) is 6.63. The largest absolute Gasteiger partial charge is 0.472 e. The zero-order chi connectivity index (χ0) is 14.7. The highest BCUT2D eigenvalue weighted by atomic mass is 32.2. The molecule has 3 rings (SSSR count). The molecule has 1 aliphatic carbocycles. The van der Waals surface area contributed by atoms with Crippen LogP contribution >= 0.6 is 0 Å². The summed E-state index contributed by atoms with van der Waals surface area (Å²) in [6.45, 7) is 0.971. The van der Waals surface area contributed by atoms with Gasteiger partial charge in [-0.1, -0.05) is 19.3 Å². The molecule has 2 aliphatic rings. The molecule has 1 aromatic heterocycles. The molecule has 2 heterocycles. The Morgan fingerprint density at radius 3 is 2.67 bits per heavy atom. The van der Waals surface area contributed by atoms with Crippen molar-refractivity contribution in [3.05, 3.63) is 18.6 Å². The van der Waals surface area contributed by atoms with E-state index in [1.807, 2.05) is 0 Å². The maximum atomic E-state index is 12.6. The van der Waals surface area contributed by atoms with Crippen LogP contribution in [0.1, 0.15) is 38.5 Å². The van der Waals surface area contributed by atoms with Crippen LogP contribution in [-0.4, -0.2) is 47.1 Å². The first-order valence-corrected chi connectivity index (χ1v) is 9.08. The number of sulfonamides is 1. The number of hydrogen-bond acceptors (Lipinski definition) is 5. The SMILES string of the molecule is O=S(=O)(C1CCCCC1)N1CCC(Oc2cnccn2)C1. The predicted octanol–water partition coefficient (Wildman–Crippen LogP) is 1.59. The summed E-state index contributed by atoms with van der Waals surface area (Å²) in [5.41, 5.74) is 0. The summed E-state index contributed by atoms with van der Waals surface area (Å²) in [6, 6.07) is 0. The molecule has 0 bridgehead atoms. The molecule has 1 aromatic rings. The van der Waals surface area contributed by atoms with Gasteiger partial charge in [0.05, 0.1) is 18.0 Å². The number of nitrogens with zero attached hydrogens (tertiary/aromatic N) is 3. The van der Waals surface area contributed by atoms with Gasteiger partial charge in [0.1, 0.15) is 6.10 Å². The Morgan fingerprint density at radius 2 is 1.95 bits per heavy atom. The van der Waals surface area contributed by atoms with E-state index in [1.54, 1.807) is 22.9 Å². The lowest BCUT2D eigenvalue weighted by molar-refractivity contribution is 0.205. The zero-order valence-electron chi connectivity index (χ0n) is 12.0. The lowest BCUT2D eigenvalue weighted by atomic mass is 10.0. The van der Waals surface area contributed by atoms with Gasteiger partial charge in [0.25, 0.3) is 0 Å². The normalized spacial score (nSPS) is 25.0. The fourth-order valence-corrected chi connectivity index (χ4v) is 5.20. The van der Waals surface area contributed by atoms with Crippen LogP contribution in [0.2, 0.25) is 0 Å². The number of aromatic nitrogens is 2. The van der Waals surface area contributed by atoms with E-state index in [9.17, 15) is 8.42 Å². The van der Waals surface area contributed by atoms with Gasteiger partial charge >= 0.3 is 0 Å². The molecule has 1 atom stereocenters. The van der Waals surface area contributed by atoms with E-state index in [2.05, 4.69) is 9.97 Å². The van der Waals surface area contributed by atoms with Gasteiger partial charge in [-0.05, 0) is 19.3 Å². The molecule has 6 nitrogen and oxygen atoms in total. The van der Waals surface area contributed by atoms with Gasteiger partial charge < -0.3 is 4.74 Å². The van der Waals surface area contributed by atoms with Gasteiger partial charge in [0, 0.05) is 18.9 Å². The van der Waals surface area contributed by atoms with Crippen molar-refractivity contribution in [1.29, 1.82) is 0 Å². The Labute approximate surface area is 125 Å². The summed E-state index contributed by atoms with van der Waals surface area (Å²) in [5, 5.41) is -0.193. The highest BCUT2D eigenvalue weighted by Crippen LogP contribution is 2.28. The van der Waals surface area contributed by atoms with E-state index < -0.39 is 10.0 Å². The second-order valence-corrected chi connectivity index (χ2v) is 7.95. The first-order chi connectivity index (χ1) is 10.2. The van der Waals surface area contributed by atoms with Gasteiger partial charge in [-0.2, -0.15) is 4.31 Å². The third-order valence-electron chi connectivity index (χ3n) is 4.27. The molecule has 0 spiro atoms. The molecule has 21 heavy (non-hydrogen) atoms. The third kappa shape index (κ3) is 3.35. The van der Waals surface area contributed by atoms with E-state index in [0.29, 0.717) is 25.4 Å². The van der Waals surface area contributed by atoms with Crippen LogP contribution in [0.25, 0.3) is 0 Å². The maximum absolute atomic E-state index is 12.6. The molecule has 0 aromatic carbocycles. The molecule has 1 unspecified atom stereocenters. The fraction of sp³-hybridized carbons (Fsp3) is 0.714. The average molecular weight is 311 g/mol. The number of hydrogen-bond donors (Lipinski definition) is 0. The first kappa shape index (κ1) is 14.7. The molecule has 7 heteroatoms. The lowest BCUT2D eigenvalue weighted by Crippen LogP contribution is -2.39. The van der Waals surface area contributed by atoms with Gasteiger partial charge in [0.15, 0.2) is 0 Å². The van der Waals surface area contributed by atoms with E-state index in [1.165, 1.54) is 0 Å². The summed E-state index contributed by atoms with van der Waals surface area (Å²) < 4.78 is 32.6. The summed E-state index contributed by atoms with van der Waals surface area (Å²) in [7, 11) is -3.17. The van der Waals surface area contributed by atoms with Gasteiger partial charge in [-0.3, -0.25) is 4.98 Å². The highest BCUT2D eigenvalue weighted by molar-refractivity contribution is 7.89. The molecule has 2 fully saturated rings. The molecule has 0 N–H and O–H groups in total. The Bertz CT molecular complexity index is 558. The Kier molecular flexibility index (Phi) is 4.40. The molecule has 1 saturated carbocycles. The zero-order valence-corrected chi connectivity index (χ0v) is 12.8. The van der Waals surface area contributed by atoms with Crippen LogP contribution in [0.15, 0.2) is 18.6 Å². The van der Waals surface area contributed by atoms with Crippen molar-refractivity contribution >= 4 is 10.0 Å². The maximum Gasteiger partial charge on any atom is 0.232 e. The van der Waals surface area contributed by atoms with Crippen LogP contribution in [0.4, 0.5) is 0 Å². The van der Waals surface area contributed by atoms with Crippen molar-refractivity contribution in [2.24, 2.45) is 0 Å². The minimum atomic E-state index is -3.17. The number of rotatable bonds is 4. The Balaban J connectivity index is 1.61. The summed E-state index contributed by atoms with van der Waals surface area (Å²) in [4.78, 5) is 8.02. The van der Waals surface area contributed by atoms with Crippen molar-refractivity contribution in [1.82, 2.24) is 14.3 Å². The predicted molar refractivity (Wildman–Crippen MR) is 78.4 cm³/mol. The highest BCUT2D eigenvalue weighted by Gasteiger charge is 2.38. The van der Waals surface area contributed by atoms with Gasteiger partial charge in [-0.25, -0.2) is 13.4 Å². The molecular weight excluding hydrogens is 290 g/mol. The van der Waals surface area contributed by atoms with E-state index in [0.717, 1.165) is 32.1 Å². The quantitative estimate of drug-likeness (QED) is 0.844. The number of ether oxygens (including phenoxy) is 1. The van der Waals surface area contributed by atoms with E-state index >= 15 is 0 Å². The van der Waals surface area contributed by atoms with Crippen LogP contribution in [-0.2, 0) is 10.0 Å². The fourth-order valence-electron chi connectivity index (χ4n) is 3.12. The van der Waals surface area contributed by atoms with Crippen molar-refractivity contribution in [3.8, 4) is 5.88 Å². The molecular formula is C14H21N3O3S. The van der Waals surface area contributed by atoms with E-state index in [-0.39, 0.29) is 11.4 Å².